The third-order valence-corrected chi connectivity index (χ3v) is 5.36. The van der Waals surface area contributed by atoms with Crippen LogP contribution in [0.25, 0.3) is 0 Å². The molecule has 4 N–H and O–H groups in total. The fourth-order valence-corrected chi connectivity index (χ4v) is 3.99. The lowest BCUT2D eigenvalue weighted by Crippen LogP contribution is -1.84. The summed E-state index contributed by atoms with van der Waals surface area (Å²) in [7, 11) is 0. The summed E-state index contributed by atoms with van der Waals surface area (Å²) in [4.78, 5) is 9.31. The van der Waals surface area contributed by atoms with Crippen LogP contribution < -0.4 is 6.15 Å². The molecular formula is C5H16NO2PS2. The normalized spacial score (nSPS) is 15.2. The lowest BCUT2D eigenvalue weighted by atomic mass is 10.6. The molecule has 0 bridgehead atoms. The lowest BCUT2D eigenvalue weighted by molar-refractivity contribution is 0.341. The van der Waals surface area contributed by atoms with Crippen LogP contribution in [0.2, 0.25) is 0 Å². The summed E-state index contributed by atoms with van der Waals surface area (Å²) >= 11 is 6.18. The van der Waals surface area contributed by atoms with E-state index >= 15 is 0 Å². The van der Waals surface area contributed by atoms with E-state index in [1.54, 1.807) is 0 Å². The molecule has 6 heteroatoms. The fraction of sp³-hybridized carbons (Fsp3) is 1.00. The minimum absolute atomic E-state index is 0. The van der Waals surface area contributed by atoms with Crippen LogP contribution in [0.5, 0.6) is 0 Å². The molecule has 3 nitrogen and oxygen atoms in total. The van der Waals surface area contributed by atoms with Crippen molar-refractivity contribution in [1.82, 2.24) is 6.15 Å². The molecule has 0 aliphatic heterocycles. The zero-order valence-electron chi connectivity index (χ0n) is 6.95. The smallest absolute Gasteiger partial charge is 0.244 e. The molecule has 0 aliphatic rings. The van der Waals surface area contributed by atoms with Gasteiger partial charge in [-0.25, -0.2) is 0 Å². The van der Waals surface area contributed by atoms with Gasteiger partial charge in [0.2, 0.25) is 5.69 Å². The summed E-state index contributed by atoms with van der Waals surface area (Å²) in [5.41, 5.74) is -2.46. The van der Waals surface area contributed by atoms with Gasteiger partial charge in [-0.2, -0.15) is 0 Å². The Kier molecular flexibility index (Phi) is 9.86. The lowest BCUT2D eigenvalue weighted by Gasteiger charge is -2.12. The van der Waals surface area contributed by atoms with Gasteiger partial charge in [0.15, 0.2) is 0 Å². The summed E-state index contributed by atoms with van der Waals surface area (Å²) in [5.74, 6) is 0.883. The summed E-state index contributed by atoms with van der Waals surface area (Å²) < 4.78 is 4.98. The molecule has 0 radical (unpaired) electrons. The minimum Gasteiger partial charge on any atom is -0.344 e. The van der Waals surface area contributed by atoms with Gasteiger partial charge in [0.05, 0.1) is 6.61 Å². The first-order chi connectivity index (χ1) is 4.62. The van der Waals surface area contributed by atoms with Crippen molar-refractivity contribution in [3.8, 4) is 0 Å². The zero-order chi connectivity index (χ0) is 8.04. The van der Waals surface area contributed by atoms with E-state index in [1.165, 1.54) is 11.4 Å². The average molecular weight is 217 g/mol. The first-order valence-electron chi connectivity index (χ1n) is 3.24. The van der Waals surface area contributed by atoms with Gasteiger partial charge in [0, 0.05) is 5.75 Å². The van der Waals surface area contributed by atoms with Crippen molar-refractivity contribution in [3.05, 3.63) is 0 Å². The molecule has 0 saturated carbocycles. The van der Waals surface area contributed by atoms with Crippen molar-refractivity contribution >= 4 is 28.9 Å². The maximum absolute atomic E-state index is 9.31. The predicted molar refractivity (Wildman–Crippen MR) is 55.9 cm³/mol. The third kappa shape index (κ3) is 8.79. The van der Waals surface area contributed by atoms with Crippen molar-refractivity contribution < 1.29 is 9.42 Å². The van der Waals surface area contributed by atoms with Crippen LogP contribution in [0.3, 0.4) is 0 Å². The van der Waals surface area contributed by atoms with E-state index in [-0.39, 0.29) is 6.15 Å². The molecule has 0 aliphatic carbocycles. The zero-order valence-corrected chi connectivity index (χ0v) is 9.48. The van der Waals surface area contributed by atoms with E-state index in [1.807, 2.05) is 13.8 Å². The Bertz CT molecular complexity index is 134. The molecule has 1 unspecified atom stereocenters. The van der Waals surface area contributed by atoms with Gasteiger partial charge in [-0.1, -0.05) is 18.3 Å². The maximum Gasteiger partial charge on any atom is 0.244 e. The molecule has 0 amide bonds. The molecule has 0 saturated heterocycles. The van der Waals surface area contributed by atoms with Crippen molar-refractivity contribution in [1.29, 1.82) is 0 Å². The van der Waals surface area contributed by atoms with Crippen LogP contribution in [0.1, 0.15) is 20.3 Å². The van der Waals surface area contributed by atoms with E-state index in [4.69, 9.17) is 16.3 Å². The minimum atomic E-state index is -2.46. The highest BCUT2D eigenvalue weighted by Crippen LogP contribution is 2.55. The highest BCUT2D eigenvalue weighted by Gasteiger charge is 2.11. The van der Waals surface area contributed by atoms with E-state index in [0.29, 0.717) is 6.61 Å². The Balaban J connectivity index is 0. The Labute approximate surface area is 77.4 Å². The molecule has 0 spiro atoms. The van der Waals surface area contributed by atoms with E-state index in [0.717, 1.165) is 12.2 Å². The summed E-state index contributed by atoms with van der Waals surface area (Å²) in [6.07, 6.45) is 1.02. The van der Waals surface area contributed by atoms with Crippen LogP contribution >= 0.6 is 17.1 Å². The SMILES string of the molecule is CCCSP(O)(=S)OCC.N. The predicted octanol–water partition coefficient (Wildman–Crippen LogP) is 2.54. The van der Waals surface area contributed by atoms with Gasteiger partial charge < -0.3 is 15.6 Å². The van der Waals surface area contributed by atoms with Gasteiger partial charge in [0.25, 0.3) is 0 Å². The largest absolute Gasteiger partial charge is 0.344 e. The number of rotatable bonds is 5. The third-order valence-electron chi connectivity index (χ3n) is 0.751. The monoisotopic (exact) mass is 217 g/mol. The molecule has 0 aromatic rings. The quantitative estimate of drug-likeness (QED) is 0.693. The number of hydrogen-bond acceptors (Lipinski definition) is 4. The van der Waals surface area contributed by atoms with Crippen molar-refractivity contribution in [2.75, 3.05) is 12.4 Å². The topological polar surface area (TPSA) is 64.5 Å². The fourth-order valence-electron chi connectivity index (χ4n) is 0.407. The Hall–Kier alpha value is 0.880. The molecule has 0 aromatic heterocycles. The van der Waals surface area contributed by atoms with Gasteiger partial charge in [-0.3, -0.25) is 0 Å². The molecular weight excluding hydrogens is 201 g/mol. The molecule has 0 rings (SSSR count). The second-order valence-corrected chi connectivity index (χ2v) is 8.02. The van der Waals surface area contributed by atoms with Gasteiger partial charge in [-0.05, 0) is 25.2 Å². The van der Waals surface area contributed by atoms with Gasteiger partial charge in [0.1, 0.15) is 0 Å². The van der Waals surface area contributed by atoms with E-state index in [2.05, 4.69) is 0 Å². The maximum atomic E-state index is 9.31. The van der Waals surface area contributed by atoms with Crippen LogP contribution in [-0.2, 0) is 16.3 Å². The first kappa shape index (κ1) is 14.4. The van der Waals surface area contributed by atoms with Crippen LogP contribution in [0.15, 0.2) is 0 Å². The Morgan fingerprint density at radius 1 is 1.55 bits per heavy atom. The molecule has 0 fully saturated rings. The van der Waals surface area contributed by atoms with Crippen LogP contribution in [0.4, 0.5) is 0 Å². The summed E-state index contributed by atoms with van der Waals surface area (Å²) in [5, 5.41) is 0. The highest BCUT2D eigenvalue weighted by atomic mass is 32.9. The van der Waals surface area contributed by atoms with Crippen LogP contribution in [0, 0.1) is 0 Å². The highest BCUT2D eigenvalue weighted by molar-refractivity contribution is 8.67. The molecule has 0 heterocycles. The van der Waals surface area contributed by atoms with Crippen molar-refractivity contribution in [3.63, 3.8) is 0 Å². The van der Waals surface area contributed by atoms with E-state index in [9.17, 15) is 4.89 Å². The standard InChI is InChI=1S/C5H13O2PS2.H3N/c1-3-5-10-8(6,9)7-4-2;/h3-5H2,1-2H3,(H,6,9);1H3. The van der Waals surface area contributed by atoms with Crippen molar-refractivity contribution in [2.45, 2.75) is 20.3 Å². The van der Waals surface area contributed by atoms with Gasteiger partial charge >= 0.3 is 0 Å². The second-order valence-electron chi connectivity index (χ2n) is 1.72. The Morgan fingerprint density at radius 3 is 2.45 bits per heavy atom. The molecule has 11 heavy (non-hydrogen) atoms. The summed E-state index contributed by atoms with van der Waals surface area (Å²) in [6, 6.07) is 0. The van der Waals surface area contributed by atoms with Gasteiger partial charge in [-0.15, -0.1) is 0 Å². The van der Waals surface area contributed by atoms with E-state index < -0.39 is 5.69 Å². The average Bonchev–Trinajstić information content (AvgIpc) is 1.84. The number of hydrogen-bond donors (Lipinski definition) is 2. The van der Waals surface area contributed by atoms with Crippen LogP contribution in [-0.4, -0.2) is 17.3 Å². The summed E-state index contributed by atoms with van der Waals surface area (Å²) in [6.45, 7) is 4.39. The molecule has 0 aromatic carbocycles. The molecule has 70 valence electrons. The first-order valence-corrected chi connectivity index (χ1v) is 7.50. The molecule has 1 atom stereocenters. The second kappa shape index (κ2) is 7.53. The van der Waals surface area contributed by atoms with Crippen molar-refractivity contribution in [2.24, 2.45) is 0 Å². The Morgan fingerprint density at radius 2 is 2.09 bits per heavy atom.